The Morgan fingerprint density at radius 1 is 1.15 bits per heavy atom. The van der Waals surface area contributed by atoms with Gasteiger partial charge < -0.3 is 5.73 Å². The number of amides is 1. The van der Waals surface area contributed by atoms with E-state index in [0.717, 1.165) is 18.2 Å². The normalized spacial score (nSPS) is 11.2. The van der Waals surface area contributed by atoms with Crippen molar-refractivity contribution >= 4 is 27.3 Å². The Labute approximate surface area is 149 Å². The number of nitrogens with one attached hydrogen (secondary N) is 1. The van der Waals surface area contributed by atoms with Crippen LogP contribution in [0.15, 0.2) is 29.2 Å². The number of nitrogens with two attached hydrogens (primary N) is 1. The van der Waals surface area contributed by atoms with Crippen LogP contribution in [0.5, 0.6) is 0 Å². The maximum atomic E-state index is 14.0. The van der Waals surface area contributed by atoms with E-state index in [1.807, 2.05) is 0 Å². The first-order chi connectivity index (χ1) is 11.9. The average molecular weight is 381 g/mol. The summed E-state index contributed by atoms with van der Waals surface area (Å²) in [5.74, 6) is -1.78. The summed E-state index contributed by atoms with van der Waals surface area (Å²) >= 11 is 0. The summed E-state index contributed by atoms with van der Waals surface area (Å²) in [5.41, 5.74) is 5.04. The van der Waals surface area contributed by atoms with Crippen LogP contribution in [0.3, 0.4) is 0 Å². The fourth-order valence-corrected chi connectivity index (χ4v) is 3.61. The van der Waals surface area contributed by atoms with Crippen LogP contribution in [0, 0.1) is 36.7 Å². The van der Waals surface area contributed by atoms with Gasteiger partial charge in [0, 0.05) is 17.2 Å². The minimum atomic E-state index is -4.42. The number of carbonyl (C=O) groups is 1. The lowest BCUT2D eigenvalue weighted by Crippen LogP contribution is -2.18. The van der Waals surface area contributed by atoms with Crippen LogP contribution in [0.2, 0.25) is 0 Å². The zero-order valence-electron chi connectivity index (χ0n) is 14.2. The maximum Gasteiger partial charge on any atom is 0.290 e. The lowest BCUT2D eigenvalue weighted by atomic mass is 10.1. The number of nitro benzene ring substituents is 1. The number of benzene rings is 2. The van der Waals surface area contributed by atoms with Crippen molar-refractivity contribution in [1.82, 2.24) is 0 Å². The van der Waals surface area contributed by atoms with Crippen LogP contribution >= 0.6 is 0 Å². The summed E-state index contributed by atoms with van der Waals surface area (Å²) in [4.78, 5) is 21.1. The lowest BCUT2D eigenvalue weighted by molar-refractivity contribution is -0.387. The molecule has 0 radical (unpaired) electrons. The zero-order chi connectivity index (χ0) is 19.8. The molecule has 138 valence electrons. The van der Waals surface area contributed by atoms with E-state index in [4.69, 9.17) is 5.73 Å². The Morgan fingerprint density at radius 3 is 2.27 bits per heavy atom. The van der Waals surface area contributed by atoms with Crippen LogP contribution in [-0.4, -0.2) is 19.2 Å². The summed E-state index contributed by atoms with van der Waals surface area (Å²) in [6, 6.07) is 4.27. The molecule has 0 aliphatic rings. The van der Waals surface area contributed by atoms with Gasteiger partial charge in [-0.05, 0) is 50.1 Å². The largest absolute Gasteiger partial charge is 0.366 e. The van der Waals surface area contributed by atoms with E-state index in [-0.39, 0.29) is 16.8 Å². The lowest BCUT2D eigenvalue weighted by Gasteiger charge is -2.13. The summed E-state index contributed by atoms with van der Waals surface area (Å²) < 4.78 is 41.4. The first-order valence-corrected chi connectivity index (χ1v) is 8.80. The SMILES string of the molecule is Cc1cc([N+](=O)[O-])c(S(=O)(=O)Nc2cc(C(N)=O)cc(F)c2C)cc1C. The number of nitrogens with zero attached hydrogens (tertiary/aromatic N) is 1. The number of hydrogen-bond donors (Lipinski definition) is 2. The molecule has 2 aromatic rings. The van der Waals surface area contributed by atoms with Gasteiger partial charge in [0.05, 0.1) is 10.6 Å². The molecular weight excluding hydrogens is 365 g/mol. The van der Waals surface area contributed by atoms with Crippen molar-refractivity contribution in [3.8, 4) is 0 Å². The third-order valence-electron chi connectivity index (χ3n) is 3.93. The van der Waals surface area contributed by atoms with E-state index in [9.17, 15) is 27.7 Å². The molecule has 0 saturated carbocycles. The molecule has 1 amide bonds. The Balaban J connectivity index is 2.63. The number of anilines is 1. The molecular formula is C16H16FN3O5S. The van der Waals surface area contributed by atoms with E-state index >= 15 is 0 Å². The highest BCUT2D eigenvalue weighted by Gasteiger charge is 2.28. The van der Waals surface area contributed by atoms with E-state index < -0.39 is 37.3 Å². The molecule has 0 aromatic heterocycles. The second kappa shape index (κ2) is 6.71. The maximum absolute atomic E-state index is 14.0. The van der Waals surface area contributed by atoms with Gasteiger partial charge in [-0.25, -0.2) is 12.8 Å². The molecule has 10 heteroatoms. The van der Waals surface area contributed by atoms with Gasteiger partial charge in [-0.2, -0.15) is 0 Å². The number of nitro groups is 1. The molecule has 0 aliphatic carbocycles. The number of halogens is 1. The first kappa shape index (κ1) is 19.3. The number of sulfonamides is 1. The molecule has 3 N–H and O–H groups in total. The summed E-state index contributed by atoms with van der Waals surface area (Å²) in [5, 5.41) is 11.2. The van der Waals surface area contributed by atoms with Crippen molar-refractivity contribution in [3.05, 3.63) is 62.5 Å². The first-order valence-electron chi connectivity index (χ1n) is 7.32. The van der Waals surface area contributed by atoms with Crippen LogP contribution < -0.4 is 10.5 Å². The Morgan fingerprint density at radius 2 is 1.73 bits per heavy atom. The summed E-state index contributed by atoms with van der Waals surface area (Å²) in [6.45, 7) is 4.52. The van der Waals surface area contributed by atoms with Crippen molar-refractivity contribution in [2.24, 2.45) is 5.73 Å². The smallest absolute Gasteiger partial charge is 0.290 e. The zero-order valence-corrected chi connectivity index (χ0v) is 15.0. The number of rotatable bonds is 5. The molecule has 26 heavy (non-hydrogen) atoms. The highest BCUT2D eigenvalue weighted by Crippen LogP contribution is 2.30. The fourth-order valence-electron chi connectivity index (χ4n) is 2.26. The second-order valence-electron chi connectivity index (χ2n) is 5.76. The van der Waals surface area contributed by atoms with Crippen LogP contribution in [0.1, 0.15) is 27.0 Å². The van der Waals surface area contributed by atoms with E-state index in [2.05, 4.69) is 4.72 Å². The Hall–Kier alpha value is -3.01. The molecule has 0 saturated heterocycles. The number of primary amides is 1. The predicted molar refractivity (Wildman–Crippen MR) is 93.0 cm³/mol. The van der Waals surface area contributed by atoms with Gasteiger partial charge in [0.1, 0.15) is 5.82 Å². The second-order valence-corrected chi connectivity index (χ2v) is 7.41. The third kappa shape index (κ3) is 3.64. The van der Waals surface area contributed by atoms with Crippen LogP contribution in [0.4, 0.5) is 15.8 Å². The standard InChI is InChI=1S/C16H16FN3O5S/c1-8-4-14(20(22)23)15(5-9(8)2)26(24,25)19-13-7-11(16(18)21)6-12(17)10(13)3/h4-7,19H,1-3H3,(H2,18,21). The molecule has 0 unspecified atom stereocenters. The van der Waals surface area contributed by atoms with Gasteiger partial charge in [-0.15, -0.1) is 0 Å². The van der Waals surface area contributed by atoms with Crippen molar-refractivity contribution < 1.29 is 22.5 Å². The molecule has 2 rings (SSSR count). The van der Waals surface area contributed by atoms with Crippen LogP contribution in [-0.2, 0) is 10.0 Å². The van der Waals surface area contributed by atoms with E-state index in [0.29, 0.717) is 11.1 Å². The highest BCUT2D eigenvalue weighted by molar-refractivity contribution is 7.92. The van der Waals surface area contributed by atoms with Gasteiger partial charge in [0.25, 0.3) is 15.7 Å². The quantitative estimate of drug-likeness (QED) is 0.607. The van der Waals surface area contributed by atoms with Crippen molar-refractivity contribution in [1.29, 1.82) is 0 Å². The van der Waals surface area contributed by atoms with Gasteiger partial charge in [0.15, 0.2) is 4.90 Å². The van der Waals surface area contributed by atoms with Gasteiger partial charge in [0.2, 0.25) is 5.91 Å². The topological polar surface area (TPSA) is 132 Å². The fraction of sp³-hybridized carbons (Fsp3) is 0.188. The van der Waals surface area contributed by atoms with Gasteiger partial charge in [-0.1, -0.05) is 0 Å². The molecule has 0 spiro atoms. The summed E-state index contributed by atoms with van der Waals surface area (Å²) in [6.07, 6.45) is 0. The van der Waals surface area contributed by atoms with Crippen molar-refractivity contribution in [3.63, 3.8) is 0 Å². The minimum absolute atomic E-state index is 0.0786. The molecule has 0 fully saturated rings. The monoisotopic (exact) mass is 381 g/mol. The molecule has 0 heterocycles. The summed E-state index contributed by atoms with van der Waals surface area (Å²) in [7, 11) is -4.42. The third-order valence-corrected chi connectivity index (χ3v) is 5.33. The Kier molecular flexibility index (Phi) is 4.99. The minimum Gasteiger partial charge on any atom is -0.366 e. The predicted octanol–water partition coefficient (Wildman–Crippen LogP) is 2.56. The van der Waals surface area contributed by atoms with E-state index in [1.165, 1.54) is 13.0 Å². The van der Waals surface area contributed by atoms with Gasteiger partial charge in [-0.3, -0.25) is 19.6 Å². The number of hydrogen-bond acceptors (Lipinski definition) is 5. The number of aryl methyl sites for hydroxylation is 2. The number of carbonyl (C=O) groups excluding carboxylic acids is 1. The Bertz CT molecular complexity index is 1030. The van der Waals surface area contributed by atoms with Crippen molar-refractivity contribution in [2.45, 2.75) is 25.7 Å². The van der Waals surface area contributed by atoms with Crippen molar-refractivity contribution in [2.75, 3.05) is 4.72 Å². The molecule has 0 bridgehead atoms. The highest BCUT2D eigenvalue weighted by atomic mass is 32.2. The average Bonchev–Trinajstić information content (AvgIpc) is 2.53. The van der Waals surface area contributed by atoms with E-state index in [1.54, 1.807) is 13.8 Å². The van der Waals surface area contributed by atoms with Gasteiger partial charge >= 0.3 is 0 Å². The molecule has 2 aromatic carbocycles. The van der Waals surface area contributed by atoms with Crippen LogP contribution in [0.25, 0.3) is 0 Å². The molecule has 0 atom stereocenters. The molecule has 8 nitrogen and oxygen atoms in total. The molecule has 0 aliphatic heterocycles.